The van der Waals surface area contributed by atoms with Crippen LogP contribution in [-0.2, 0) is 13.0 Å². The van der Waals surface area contributed by atoms with E-state index in [2.05, 4.69) is 20.6 Å². The summed E-state index contributed by atoms with van der Waals surface area (Å²) < 4.78 is 25.9. The first kappa shape index (κ1) is 14.2. The van der Waals surface area contributed by atoms with Gasteiger partial charge in [0.25, 0.3) is 0 Å². The highest BCUT2D eigenvalue weighted by atomic mass is 19.2. The molecule has 0 aliphatic carbocycles. The van der Waals surface area contributed by atoms with Gasteiger partial charge in [-0.05, 0) is 17.7 Å². The van der Waals surface area contributed by atoms with Crippen molar-refractivity contribution in [1.29, 1.82) is 0 Å². The van der Waals surface area contributed by atoms with Gasteiger partial charge in [-0.15, -0.1) is 0 Å². The summed E-state index contributed by atoms with van der Waals surface area (Å²) in [6.45, 7) is 2.33. The van der Waals surface area contributed by atoms with Crippen molar-refractivity contribution in [1.82, 2.24) is 9.97 Å². The molecule has 2 aromatic rings. The molecular weight excluding hydrogens is 262 g/mol. The second-order valence-electron chi connectivity index (χ2n) is 4.26. The van der Waals surface area contributed by atoms with Crippen molar-refractivity contribution < 1.29 is 8.78 Å². The quantitative estimate of drug-likeness (QED) is 0.883. The molecule has 2 rings (SSSR count). The van der Waals surface area contributed by atoms with Crippen LogP contribution >= 0.6 is 0 Å². The molecule has 1 aromatic heterocycles. The average Bonchev–Trinajstić information content (AvgIpc) is 2.48. The highest BCUT2D eigenvalue weighted by Gasteiger charge is 2.05. The molecule has 0 aliphatic rings. The Labute approximate surface area is 116 Å². The molecule has 1 aromatic carbocycles. The van der Waals surface area contributed by atoms with Gasteiger partial charge in [0.15, 0.2) is 11.6 Å². The minimum Gasteiger partial charge on any atom is -0.373 e. The lowest BCUT2D eigenvalue weighted by Gasteiger charge is -2.09. The van der Waals surface area contributed by atoms with E-state index in [4.69, 9.17) is 0 Å². The fourth-order valence-corrected chi connectivity index (χ4v) is 1.72. The maximum atomic E-state index is 13.1. The molecule has 4 nitrogen and oxygen atoms in total. The van der Waals surface area contributed by atoms with E-state index in [0.717, 1.165) is 12.5 Å². The minimum absolute atomic E-state index is 0.362. The van der Waals surface area contributed by atoms with E-state index < -0.39 is 11.6 Å². The zero-order chi connectivity index (χ0) is 14.5. The van der Waals surface area contributed by atoms with E-state index in [1.165, 1.54) is 12.1 Å². The zero-order valence-electron chi connectivity index (χ0n) is 11.4. The van der Waals surface area contributed by atoms with Crippen molar-refractivity contribution in [3.05, 3.63) is 47.3 Å². The summed E-state index contributed by atoms with van der Waals surface area (Å²) in [5.74, 6) is 0.374. The molecule has 0 bridgehead atoms. The molecule has 0 saturated carbocycles. The van der Waals surface area contributed by atoms with Gasteiger partial charge >= 0.3 is 0 Å². The average molecular weight is 278 g/mol. The topological polar surface area (TPSA) is 49.8 Å². The van der Waals surface area contributed by atoms with Crippen LogP contribution in [0.25, 0.3) is 0 Å². The Balaban J connectivity index is 2.11. The van der Waals surface area contributed by atoms with Crippen molar-refractivity contribution in [2.75, 3.05) is 17.7 Å². The summed E-state index contributed by atoms with van der Waals surface area (Å²) in [5, 5.41) is 6.03. The summed E-state index contributed by atoms with van der Waals surface area (Å²) in [5.41, 5.74) is 0.645. The molecule has 0 spiro atoms. The van der Waals surface area contributed by atoms with Crippen LogP contribution in [-0.4, -0.2) is 17.0 Å². The van der Waals surface area contributed by atoms with Gasteiger partial charge in [-0.1, -0.05) is 13.0 Å². The maximum Gasteiger partial charge on any atom is 0.159 e. The number of halogens is 2. The van der Waals surface area contributed by atoms with Gasteiger partial charge in [-0.2, -0.15) is 0 Å². The Hall–Kier alpha value is -2.24. The fraction of sp³-hybridized carbons (Fsp3) is 0.286. The SMILES string of the molecule is CCc1nc(NC)cc(NCc2ccc(F)c(F)c2)n1. The third-order valence-electron chi connectivity index (χ3n) is 2.80. The van der Waals surface area contributed by atoms with Gasteiger partial charge in [0.05, 0.1) is 0 Å². The Morgan fingerprint density at radius 2 is 1.80 bits per heavy atom. The summed E-state index contributed by atoms with van der Waals surface area (Å²) in [4.78, 5) is 8.60. The molecule has 0 unspecified atom stereocenters. The first-order valence-corrected chi connectivity index (χ1v) is 6.36. The largest absolute Gasteiger partial charge is 0.373 e. The van der Waals surface area contributed by atoms with Gasteiger partial charge in [-0.3, -0.25) is 0 Å². The highest BCUT2D eigenvalue weighted by Crippen LogP contribution is 2.14. The molecule has 2 N–H and O–H groups in total. The Morgan fingerprint density at radius 1 is 1.05 bits per heavy atom. The number of nitrogens with one attached hydrogen (secondary N) is 2. The van der Waals surface area contributed by atoms with Crippen LogP contribution in [0.3, 0.4) is 0 Å². The predicted molar refractivity (Wildman–Crippen MR) is 74.6 cm³/mol. The lowest BCUT2D eigenvalue weighted by atomic mass is 10.2. The Bertz CT molecular complexity index is 579. The molecular formula is C14H16F2N4. The Morgan fingerprint density at radius 3 is 2.45 bits per heavy atom. The molecule has 0 atom stereocenters. The third-order valence-corrected chi connectivity index (χ3v) is 2.80. The summed E-state index contributed by atoms with van der Waals surface area (Å²) in [6.07, 6.45) is 0.718. The first-order chi connectivity index (χ1) is 9.62. The number of nitrogens with zero attached hydrogens (tertiary/aromatic N) is 2. The van der Waals surface area contributed by atoms with Crippen LogP contribution in [0.1, 0.15) is 18.3 Å². The highest BCUT2D eigenvalue weighted by molar-refractivity contribution is 5.47. The molecule has 0 aliphatic heterocycles. The fourth-order valence-electron chi connectivity index (χ4n) is 1.72. The van der Waals surface area contributed by atoms with E-state index in [1.54, 1.807) is 13.1 Å². The molecule has 0 radical (unpaired) electrons. The van der Waals surface area contributed by atoms with Crippen LogP contribution < -0.4 is 10.6 Å². The Kier molecular flexibility index (Phi) is 4.45. The number of aromatic nitrogens is 2. The van der Waals surface area contributed by atoms with E-state index >= 15 is 0 Å². The minimum atomic E-state index is -0.850. The third kappa shape index (κ3) is 3.40. The normalized spacial score (nSPS) is 10.4. The molecule has 6 heteroatoms. The van der Waals surface area contributed by atoms with Crippen molar-refractivity contribution in [3.63, 3.8) is 0 Å². The lowest BCUT2D eigenvalue weighted by molar-refractivity contribution is 0.507. The molecule has 106 valence electrons. The monoisotopic (exact) mass is 278 g/mol. The number of hydrogen-bond acceptors (Lipinski definition) is 4. The number of rotatable bonds is 5. The van der Waals surface area contributed by atoms with Gasteiger partial charge < -0.3 is 10.6 Å². The smallest absolute Gasteiger partial charge is 0.159 e. The molecule has 20 heavy (non-hydrogen) atoms. The summed E-state index contributed by atoms with van der Waals surface area (Å²) >= 11 is 0. The van der Waals surface area contributed by atoms with E-state index in [0.29, 0.717) is 29.6 Å². The van der Waals surface area contributed by atoms with Crippen LogP contribution in [0.2, 0.25) is 0 Å². The summed E-state index contributed by atoms with van der Waals surface area (Å²) in [6, 6.07) is 5.58. The first-order valence-electron chi connectivity index (χ1n) is 6.36. The van der Waals surface area contributed by atoms with Gasteiger partial charge in [0, 0.05) is 26.1 Å². The molecule has 0 fully saturated rings. The van der Waals surface area contributed by atoms with Crippen molar-refractivity contribution in [2.45, 2.75) is 19.9 Å². The molecule has 1 heterocycles. The van der Waals surface area contributed by atoms with E-state index in [-0.39, 0.29) is 0 Å². The standard InChI is InChI=1S/C14H16F2N4/c1-3-12-19-13(17-2)7-14(20-12)18-8-9-4-5-10(15)11(16)6-9/h4-7H,3,8H2,1-2H3,(H2,17,18,19,20). The number of aryl methyl sites for hydroxylation is 1. The second kappa shape index (κ2) is 6.27. The number of hydrogen-bond donors (Lipinski definition) is 2. The predicted octanol–water partition coefficient (Wildman–Crippen LogP) is 2.97. The van der Waals surface area contributed by atoms with Crippen molar-refractivity contribution in [2.24, 2.45) is 0 Å². The van der Waals surface area contributed by atoms with Crippen molar-refractivity contribution >= 4 is 11.6 Å². The van der Waals surface area contributed by atoms with Crippen LogP contribution in [0, 0.1) is 11.6 Å². The van der Waals surface area contributed by atoms with Crippen molar-refractivity contribution in [3.8, 4) is 0 Å². The zero-order valence-corrected chi connectivity index (χ0v) is 11.4. The second-order valence-corrected chi connectivity index (χ2v) is 4.26. The molecule has 0 amide bonds. The van der Waals surface area contributed by atoms with Gasteiger partial charge in [0.2, 0.25) is 0 Å². The summed E-state index contributed by atoms with van der Waals surface area (Å²) in [7, 11) is 1.78. The van der Waals surface area contributed by atoms with Gasteiger partial charge in [0.1, 0.15) is 17.5 Å². The van der Waals surface area contributed by atoms with Gasteiger partial charge in [-0.25, -0.2) is 18.7 Å². The van der Waals surface area contributed by atoms with Crippen LogP contribution in [0.4, 0.5) is 20.4 Å². The lowest BCUT2D eigenvalue weighted by Crippen LogP contribution is -2.06. The van der Waals surface area contributed by atoms with E-state index in [1.807, 2.05) is 6.92 Å². The maximum absolute atomic E-state index is 13.1. The molecule has 0 saturated heterocycles. The van der Waals surface area contributed by atoms with Crippen LogP contribution in [0.15, 0.2) is 24.3 Å². The van der Waals surface area contributed by atoms with E-state index in [9.17, 15) is 8.78 Å². The number of benzene rings is 1. The number of anilines is 2. The van der Waals surface area contributed by atoms with Crippen LogP contribution in [0.5, 0.6) is 0 Å².